The number of carboxylic acids is 1. The molecule has 0 bridgehead atoms. The fourth-order valence-corrected chi connectivity index (χ4v) is 2.53. The average molecular weight is 265 g/mol. The summed E-state index contributed by atoms with van der Waals surface area (Å²) in [4.78, 5) is 24.6. The fraction of sp³-hybridized carbons (Fsp3) is 0.571. The third-order valence-corrected chi connectivity index (χ3v) is 3.91. The molecule has 5 heteroatoms. The molecule has 1 heterocycles. The number of hydrogen-bond acceptors (Lipinski definition) is 3. The van der Waals surface area contributed by atoms with Gasteiger partial charge in [-0.25, -0.2) is 4.79 Å². The summed E-state index contributed by atoms with van der Waals surface area (Å²) < 4.78 is 5.05. The largest absolute Gasteiger partial charge is 0.478 e. The van der Waals surface area contributed by atoms with Gasteiger partial charge in [-0.15, -0.1) is 0 Å². The molecule has 1 amide bonds. The minimum absolute atomic E-state index is 0.00835. The van der Waals surface area contributed by atoms with Crippen molar-refractivity contribution in [1.82, 2.24) is 4.90 Å². The van der Waals surface area contributed by atoms with Gasteiger partial charge in [0.05, 0.1) is 5.56 Å². The van der Waals surface area contributed by atoms with E-state index in [1.807, 2.05) is 0 Å². The Morgan fingerprint density at radius 3 is 2.47 bits per heavy atom. The predicted molar refractivity (Wildman–Crippen MR) is 69.2 cm³/mol. The normalized spacial score (nSPS) is 23.1. The van der Waals surface area contributed by atoms with Gasteiger partial charge in [-0.05, 0) is 31.6 Å². The van der Waals surface area contributed by atoms with Gasteiger partial charge in [-0.2, -0.15) is 0 Å². The molecule has 1 aromatic heterocycles. The molecule has 1 saturated carbocycles. The third-order valence-electron chi connectivity index (χ3n) is 3.91. The van der Waals surface area contributed by atoms with Crippen molar-refractivity contribution >= 4 is 11.9 Å². The second kappa shape index (κ2) is 5.47. The van der Waals surface area contributed by atoms with E-state index in [2.05, 4.69) is 6.92 Å². The Hall–Kier alpha value is -1.78. The van der Waals surface area contributed by atoms with E-state index in [0.717, 1.165) is 37.9 Å². The van der Waals surface area contributed by atoms with Crippen molar-refractivity contribution in [3.63, 3.8) is 0 Å². The van der Waals surface area contributed by atoms with Crippen LogP contribution in [0.2, 0.25) is 0 Å². The molecule has 0 unspecified atom stereocenters. The second-order valence-electron chi connectivity index (χ2n) is 5.33. The van der Waals surface area contributed by atoms with Crippen LogP contribution in [-0.4, -0.2) is 35.0 Å². The maximum atomic E-state index is 12.2. The summed E-state index contributed by atoms with van der Waals surface area (Å²) in [6.45, 7) is 2.23. The van der Waals surface area contributed by atoms with Crippen LogP contribution in [0.4, 0.5) is 0 Å². The van der Waals surface area contributed by atoms with Gasteiger partial charge in [-0.1, -0.05) is 6.92 Å². The zero-order valence-electron chi connectivity index (χ0n) is 11.3. The molecular formula is C14H19NO4. The summed E-state index contributed by atoms with van der Waals surface area (Å²) in [6.07, 6.45) is 5.35. The summed E-state index contributed by atoms with van der Waals surface area (Å²) in [6, 6.07) is 1.51. The molecule has 1 aliphatic rings. The highest BCUT2D eigenvalue weighted by atomic mass is 16.4. The van der Waals surface area contributed by atoms with Gasteiger partial charge in [0, 0.05) is 19.2 Å². The molecule has 0 saturated heterocycles. The lowest BCUT2D eigenvalue weighted by atomic mass is 9.87. The minimum Gasteiger partial charge on any atom is -0.478 e. The van der Waals surface area contributed by atoms with E-state index in [1.54, 1.807) is 11.9 Å². The number of aromatic carboxylic acids is 1. The first-order valence-electron chi connectivity index (χ1n) is 6.58. The van der Waals surface area contributed by atoms with Crippen LogP contribution < -0.4 is 0 Å². The highest BCUT2D eigenvalue weighted by Crippen LogP contribution is 2.27. The minimum atomic E-state index is -1.09. The summed E-state index contributed by atoms with van der Waals surface area (Å²) in [7, 11) is 1.76. The van der Waals surface area contributed by atoms with Gasteiger partial charge < -0.3 is 14.4 Å². The SMILES string of the molecule is CC1CCC(N(C)C(=O)c2cc(C(=O)O)co2)CC1. The van der Waals surface area contributed by atoms with Crippen molar-refractivity contribution in [2.24, 2.45) is 5.92 Å². The van der Waals surface area contributed by atoms with Crippen molar-refractivity contribution in [3.8, 4) is 0 Å². The fourth-order valence-electron chi connectivity index (χ4n) is 2.53. The molecule has 19 heavy (non-hydrogen) atoms. The van der Waals surface area contributed by atoms with E-state index < -0.39 is 5.97 Å². The molecule has 0 atom stereocenters. The van der Waals surface area contributed by atoms with Crippen LogP contribution in [0.15, 0.2) is 16.7 Å². The highest BCUT2D eigenvalue weighted by Gasteiger charge is 2.27. The van der Waals surface area contributed by atoms with Crippen LogP contribution in [0.25, 0.3) is 0 Å². The number of nitrogens with zero attached hydrogens (tertiary/aromatic N) is 1. The number of carboxylic acid groups (broad SMARTS) is 1. The van der Waals surface area contributed by atoms with Gasteiger partial charge in [0.2, 0.25) is 0 Å². The third kappa shape index (κ3) is 2.97. The molecule has 5 nitrogen and oxygen atoms in total. The van der Waals surface area contributed by atoms with Gasteiger partial charge in [0.25, 0.3) is 5.91 Å². The van der Waals surface area contributed by atoms with Crippen molar-refractivity contribution in [2.75, 3.05) is 7.05 Å². The lowest BCUT2D eigenvalue weighted by Gasteiger charge is -2.33. The predicted octanol–water partition coefficient (Wildman–Crippen LogP) is 2.63. The van der Waals surface area contributed by atoms with E-state index >= 15 is 0 Å². The Balaban J connectivity index is 2.03. The van der Waals surface area contributed by atoms with Crippen LogP contribution in [-0.2, 0) is 0 Å². The van der Waals surface area contributed by atoms with Gasteiger partial charge in [0.1, 0.15) is 6.26 Å². The van der Waals surface area contributed by atoms with Crippen LogP contribution >= 0.6 is 0 Å². The van der Waals surface area contributed by atoms with E-state index in [9.17, 15) is 9.59 Å². The smallest absolute Gasteiger partial charge is 0.338 e. The van der Waals surface area contributed by atoms with E-state index in [4.69, 9.17) is 9.52 Å². The van der Waals surface area contributed by atoms with Crippen LogP contribution in [0.1, 0.15) is 53.5 Å². The molecule has 0 aliphatic heterocycles. The Kier molecular flexibility index (Phi) is 3.93. The van der Waals surface area contributed by atoms with E-state index in [1.165, 1.54) is 6.07 Å². The molecule has 1 aromatic rings. The number of furan rings is 1. The molecule has 0 radical (unpaired) electrons. The van der Waals surface area contributed by atoms with Crippen molar-refractivity contribution < 1.29 is 19.1 Å². The van der Waals surface area contributed by atoms with E-state index in [0.29, 0.717) is 0 Å². The Labute approximate surface area is 112 Å². The Bertz CT molecular complexity index is 472. The maximum absolute atomic E-state index is 12.2. The summed E-state index contributed by atoms with van der Waals surface area (Å²) in [5, 5.41) is 8.81. The van der Waals surface area contributed by atoms with Gasteiger partial charge >= 0.3 is 5.97 Å². The molecule has 1 aliphatic carbocycles. The average Bonchev–Trinajstić information content (AvgIpc) is 2.87. The van der Waals surface area contributed by atoms with Gasteiger partial charge in [-0.3, -0.25) is 4.79 Å². The lowest BCUT2D eigenvalue weighted by Crippen LogP contribution is -2.39. The van der Waals surface area contributed by atoms with Crippen LogP contribution in [0.3, 0.4) is 0 Å². The highest BCUT2D eigenvalue weighted by molar-refractivity contribution is 5.95. The zero-order valence-corrected chi connectivity index (χ0v) is 11.3. The summed E-state index contributed by atoms with van der Waals surface area (Å²) in [5.74, 6) is -0.510. The van der Waals surface area contributed by atoms with Gasteiger partial charge in [0.15, 0.2) is 5.76 Å². The lowest BCUT2D eigenvalue weighted by molar-refractivity contribution is 0.0646. The number of rotatable bonds is 3. The molecule has 0 aromatic carbocycles. The second-order valence-corrected chi connectivity index (χ2v) is 5.33. The Morgan fingerprint density at radius 2 is 1.95 bits per heavy atom. The molecular weight excluding hydrogens is 246 g/mol. The molecule has 1 fully saturated rings. The first-order valence-corrected chi connectivity index (χ1v) is 6.58. The monoisotopic (exact) mass is 265 g/mol. The first kappa shape index (κ1) is 13.6. The summed E-state index contributed by atoms with van der Waals surface area (Å²) in [5.41, 5.74) is 0.00835. The quantitative estimate of drug-likeness (QED) is 0.912. The molecule has 0 spiro atoms. The van der Waals surface area contributed by atoms with Crippen molar-refractivity contribution in [3.05, 3.63) is 23.7 Å². The van der Waals surface area contributed by atoms with Crippen LogP contribution in [0, 0.1) is 5.92 Å². The van der Waals surface area contributed by atoms with E-state index in [-0.39, 0.29) is 23.3 Å². The molecule has 1 N–H and O–H groups in total. The maximum Gasteiger partial charge on any atom is 0.338 e. The zero-order chi connectivity index (χ0) is 14.0. The number of carbonyl (C=O) groups is 2. The first-order chi connectivity index (χ1) is 8.99. The number of carbonyl (C=O) groups excluding carboxylic acids is 1. The molecule has 2 rings (SSSR count). The van der Waals surface area contributed by atoms with Crippen molar-refractivity contribution in [1.29, 1.82) is 0 Å². The number of amides is 1. The summed E-state index contributed by atoms with van der Waals surface area (Å²) >= 11 is 0. The van der Waals surface area contributed by atoms with Crippen LogP contribution in [0.5, 0.6) is 0 Å². The van der Waals surface area contributed by atoms with Crippen molar-refractivity contribution in [2.45, 2.75) is 38.6 Å². The molecule has 104 valence electrons. The topological polar surface area (TPSA) is 70.8 Å². The standard InChI is InChI=1S/C14H19NO4/c1-9-3-5-11(6-4-9)15(2)13(16)12-7-10(8-19-12)14(17)18/h7-9,11H,3-6H2,1-2H3,(H,17,18). The number of hydrogen-bond donors (Lipinski definition) is 1. The Morgan fingerprint density at radius 1 is 1.32 bits per heavy atom.